The SMILES string of the molecule is COc1cccc2c(COc3cccc4[nH]c(C(=O)O)cc34)coc12. The number of aromatic nitrogens is 1. The fourth-order valence-corrected chi connectivity index (χ4v) is 2.88. The number of aromatic carboxylic acids is 1. The summed E-state index contributed by atoms with van der Waals surface area (Å²) in [5.41, 5.74) is 2.41. The molecular weight excluding hydrogens is 322 g/mol. The van der Waals surface area contributed by atoms with E-state index < -0.39 is 5.97 Å². The summed E-state index contributed by atoms with van der Waals surface area (Å²) >= 11 is 0. The molecule has 2 N–H and O–H groups in total. The molecule has 25 heavy (non-hydrogen) atoms. The molecule has 0 amide bonds. The molecular formula is C19H15NO5. The number of nitrogens with one attached hydrogen (secondary N) is 1. The molecule has 4 aromatic rings. The summed E-state index contributed by atoms with van der Waals surface area (Å²) in [4.78, 5) is 14.0. The van der Waals surface area contributed by atoms with Gasteiger partial charge >= 0.3 is 5.97 Å². The van der Waals surface area contributed by atoms with E-state index in [4.69, 9.17) is 19.0 Å². The highest BCUT2D eigenvalue weighted by Crippen LogP contribution is 2.31. The van der Waals surface area contributed by atoms with Crippen molar-refractivity contribution in [3.05, 3.63) is 60.0 Å². The molecule has 0 atom stereocenters. The lowest BCUT2D eigenvalue weighted by Crippen LogP contribution is -1.95. The van der Waals surface area contributed by atoms with Crippen molar-refractivity contribution in [2.24, 2.45) is 0 Å². The number of hydrogen-bond acceptors (Lipinski definition) is 4. The minimum absolute atomic E-state index is 0.129. The van der Waals surface area contributed by atoms with Crippen LogP contribution in [0.15, 0.2) is 53.1 Å². The normalized spacial score (nSPS) is 11.1. The summed E-state index contributed by atoms with van der Waals surface area (Å²) in [5.74, 6) is 0.274. The third kappa shape index (κ3) is 2.57. The van der Waals surface area contributed by atoms with Crippen LogP contribution in [0.5, 0.6) is 11.5 Å². The molecule has 2 heterocycles. The second-order valence-corrected chi connectivity index (χ2v) is 5.59. The van der Waals surface area contributed by atoms with Crippen LogP contribution in [0.1, 0.15) is 16.1 Å². The van der Waals surface area contributed by atoms with Crippen LogP contribution in [0.25, 0.3) is 21.9 Å². The van der Waals surface area contributed by atoms with E-state index in [1.165, 1.54) is 0 Å². The average molecular weight is 337 g/mol. The Hall–Kier alpha value is -3.41. The number of H-pyrrole nitrogens is 1. The van der Waals surface area contributed by atoms with Crippen LogP contribution in [0.3, 0.4) is 0 Å². The first-order valence-electron chi connectivity index (χ1n) is 7.68. The number of aromatic amines is 1. The van der Waals surface area contributed by atoms with Gasteiger partial charge in [0, 0.05) is 21.9 Å². The van der Waals surface area contributed by atoms with Gasteiger partial charge in [-0.05, 0) is 24.3 Å². The van der Waals surface area contributed by atoms with Gasteiger partial charge in [0.25, 0.3) is 0 Å². The number of carbonyl (C=O) groups is 1. The third-order valence-corrected chi connectivity index (χ3v) is 4.10. The van der Waals surface area contributed by atoms with Crippen molar-refractivity contribution < 1.29 is 23.8 Å². The zero-order valence-electron chi connectivity index (χ0n) is 13.4. The molecule has 0 saturated carbocycles. The van der Waals surface area contributed by atoms with Crippen LogP contribution in [0.2, 0.25) is 0 Å². The maximum atomic E-state index is 11.1. The van der Waals surface area contributed by atoms with Gasteiger partial charge in [0.15, 0.2) is 11.3 Å². The molecule has 0 fully saturated rings. The number of carboxylic acids is 1. The van der Waals surface area contributed by atoms with Gasteiger partial charge in [-0.1, -0.05) is 18.2 Å². The van der Waals surface area contributed by atoms with Gasteiger partial charge < -0.3 is 24.0 Å². The molecule has 0 radical (unpaired) electrons. The molecule has 4 rings (SSSR count). The summed E-state index contributed by atoms with van der Waals surface area (Å²) in [6.07, 6.45) is 1.65. The Bertz CT molecular complexity index is 1080. The number of fused-ring (bicyclic) bond motifs is 2. The second kappa shape index (κ2) is 5.90. The fraction of sp³-hybridized carbons (Fsp3) is 0.105. The predicted octanol–water partition coefficient (Wildman–Crippen LogP) is 4.20. The van der Waals surface area contributed by atoms with Gasteiger partial charge in [0.1, 0.15) is 18.1 Å². The maximum Gasteiger partial charge on any atom is 0.352 e. The van der Waals surface area contributed by atoms with Crippen LogP contribution in [-0.4, -0.2) is 23.2 Å². The van der Waals surface area contributed by atoms with Gasteiger partial charge in [-0.25, -0.2) is 4.79 Å². The minimum Gasteiger partial charge on any atom is -0.493 e. The Morgan fingerprint density at radius 3 is 2.76 bits per heavy atom. The molecule has 2 aromatic heterocycles. The number of carboxylic acid groups (broad SMARTS) is 1. The molecule has 6 nitrogen and oxygen atoms in total. The average Bonchev–Trinajstić information content (AvgIpc) is 3.24. The smallest absolute Gasteiger partial charge is 0.352 e. The van der Waals surface area contributed by atoms with E-state index in [0.717, 1.165) is 16.3 Å². The highest BCUT2D eigenvalue weighted by molar-refractivity contribution is 5.96. The van der Waals surface area contributed by atoms with E-state index in [0.29, 0.717) is 29.2 Å². The van der Waals surface area contributed by atoms with Crippen molar-refractivity contribution in [3.8, 4) is 11.5 Å². The van der Waals surface area contributed by atoms with E-state index in [1.54, 1.807) is 19.4 Å². The van der Waals surface area contributed by atoms with Crippen molar-refractivity contribution in [1.82, 2.24) is 4.98 Å². The number of rotatable bonds is 5. The van der Waals surface area contributed by atoms with Crippen molar-refractivity contribution in [2.75, 3.05) is 7.11 Å². The molecule has 0 aliphatic rings. The van der Waals surface area contributed by atoms with Crippen LogP contribution >= 0.6 is 0 Å². The molecule has 6 heteroatoms. The first-order chi connectivity index (χ1) is 12.2. The first kappa shape index (κ1) is 15.1. The number of furan rings is 1. The molecule has 2 aromatic carbocycles. The molecule has 0 aliphatic heterocycles. The Morgan fingerprint density at radius 1 is 1.16 bits per heavy atom. The lowest BCUT2D eigenvalue weighted by Gasteiger charge is -2.06. The number of benzene rings is 2. The number of ether oxygens (including phenoxy) is 2. The van der Waals surface area contributed by atoms with Gasteiger partial charge in [-0.15, -0.1) is 0 Å². The Balaban J connectivity index is 1.66. The van der Waals surface area contributed by atoms with Crippen LogP contribution < -0.4 is 9.47 Å². The quantitative estimate of drug-likeness (QED) is 0.570. The van der Waals surface area contributed by atoms with E-state index in [2.05, 4.69) is 4.98 Å². The van der Waals surface area contributed by atoms with Crippen LogP contribution in [-0.2, 0) is 6.61 Å². The van der Waals surface area contributed by atoms with Crippen molar-refractivity contribution in [1.29, 1.82) is 0 Å². The largest absolute Gasteiger partial charge is 0.493 e. The van der Waals surface area contributed by atoms with Crippen molar-refractivity contribution in [3.63, 3.8) is 0 Å². The summed E-state index contributed by atoms with van der Waals surface area (Å²) in [5, 5.41) is 10.8. The van der Waals surface area contributed by atoms with E-state index >= 15 is 0 Å². The van der Waals surface area contributed by atoms with Gasteiger partial charge in [0.2, 0.25) is 0 Å². The van der Waals surface area contributed by atoms with Crippen LogP contribution in [0, 0.1) is 0 Å². The lowest BCUT2D eigenvalue weighted by molar-refractivity contribution is 0.0691. The number of para-hydroxylation sites is 1. The summed E-state index contributed by atoms with van der Waals surface area (Å²) < 4.78 is 16.8. The summed E-state index contributed by atoms with van der Waals surface area (Å²) in [6.45, 7) is 0.298. The molecule has 0 bridgehead atoms. The molecule has 0 saturated heterocycles. The molecule has 126 valence electrons. The van der Waals surface area contributed by atoms with E-state index in [-0.39, 0.29) is 5.69 Å². The molecule has 0 spiro atoms. The van der Waals surface area contributed by atoms with Crippen LogP contribution in [0.4, 0.5) is 0 Å². The molecule has 0 unspecified atom stereocenters. The third-order valence-electron chi connectivity index (χ3n) is 4.10. The Kier molecular flexibility index (Phi) is 3.57. The summed E-state index contributed by atoms with van der Waals surface area (Å²) in [6, 6.07) is 12.7. The monoisotopic (exact) mass is 337 g/mol. The maximum absolute atomic E-state index is 11.1. The zero-order chi connectivity index (χ0) is 17.4. The van der Waals surface area contributed by atoms with Gasteiger partial charge in [-0.3, -0.25) is 0 Å². The van der Waals surface area contributed by atoms with Crippen molar-refractivity contribution in [2.45, 2.75) is 6.61 Å². The first-order valence-corrected chi connectivity index (χ1v) is 7.68. The number of hydrogen-bond donors (Lipinski definition) is 2. The highest BCUT2D eigenvalue weighted by Gasteiger charge is 2.13. The number of methoxy groups -OCH3 is 1. The predicted molar refractivity (Wildman–Crippen MR) is 92.4 cm³/mol. The zero-order valence-corrected chi connectivity index (χ0v) is 13.4. The van der Waals surface area contributed by atoms with Crippen molar-refractivity contribution >= 4 is 27.8 Å². The van der Waals surface area contributed by atoms with Gasteiger partial charge in [-0.2, -0.15) is 0 Å². The highest BCUT2D eigenvalue weighted by atomic mass is 16.5. The minimum atomic E-state index is -1.00. The Labute approximate surface area is 142 Å². The van der Waals surface area contributed by atoms with E-state index in [1.807, 2.05) is 36.4 Å². The molecule has 0 aliphatic carbocycles. The Morgan fingerprint density at radius 2 is 1.96 bits per heavy atom. The topological polar surface area (TPSA) is 84.7 Å². The van der Waals surface area contributed by atoms with E-state index in [9.17, 15) is 4.79 Å². The fourth-order valence-electron chi connectivity index (χ4n) is 2.88. The standard InChI is InChI=1S/C19H15NO5/c1-23-17-7-2-4-12-11(10-25-18(12)17)9-24-16-6-3-5-14-13(16)8-15(20-14)19(21)22/h2-8,10,20H,9H2,1H3,(H,21,22). The lowest BCUT2D eigenvalue weighted by atomic mass is 10.2. The second-order valence-electron chi connectivity index (χ2n) is 5.59. The van der Waals surface area contributed by atoms with Gasteiger partial charge in [0.05, 0.1) is 13.4 Å². The summed E-state index contributed by atoms with van der Waals surface area (Å²) in [7, 11) is 1.60.